The highest BCUT2D eigenvalue weighted by molar-refractivity contribution is 8.03. The number of rotatable bonds is 8. The van der Waals surface area contributed by atoms with Gasteiger partial charge in [-0.2, -0.15) is 0 Å². The van der Waals surface area contributed by atoms with Gasteiger partial charge in [0.1, 0.15) is 11.6 Å². The van der Waals surface area contributed by atoms with Crippen LogP contribution in [0.2, 0.25) is 0 Å². The highest BCUT2D eigenvalue weighted by Gasteiger charge is 2.41. The topological polar surface area (TPSA) is 46.6 Å². The smallest absolute Gasteiger partial charge is 0.272 e. The zero-order valence-electron chi connectivity index (χ0n) is 17.6. The first-order chi connectivity index (χ1) is 15.6. The number of halogens is 1. The lowest BCUT2D eigenvalue weighted by atomic mass is 10.1. The first-order valence-electron chi connectivity index (χ1n) is 10.4. The largest absolute Gasteiger partial charge is 0.491 e. The van der Waals surface area contributed by atoms with Crippen molar-refractivity contribution in [3.8, 4) is 5.75 Å². The third kappa shape index (κ3) is 4.46. The number of hydrogen-bond acceptors (Lipinski definition) is 4. The molecule has 2 amide bonds. The summed E-state index contributed by atoms with van der Waals surface area (Å²) in [6.07, 6.45) is 0.799. The monoisotopic (exact) mass is 447 g/mol. The van der Waals surface area contributed by atoms with E-state index in [0.717, 1.165) is 16.9 Å². The Morgan fingerprint density at radius 2 is 1.56 bits per heavy atom. The number of anilines is 1. The molecule has 1 aliphatic rings. The Morgan fingerprint density at radius 3 is 2.28 bits per heavy atom. The summed E-state index contributed by atoms with van der Waals surface area (Å²) in [5.74, 6) is -0.238. The van der Waals surface area contributed by atoms with Crippen LogP contribution in [-0.2, 0) is 15.3 Å². The molecule has 162 valence electrons. The number of imide groups is 1. The number of hydrogen-bond donors (Lipinski definition) is 0. The van der Waals surface area contributed by atoms with Crippen molar-refractivity contribution < 1.29 is 18.7 Å². The van der Waals surface area contributed by atoms with Crippen molar-refractivity contribution in [3.63, 3.8) is 0 Å². The van der Waals surface area contributed by atoms with Crippen LogP contribution in [0.4, 0.5) is 10.1 Å². The minimum atomic E-state index is -0.440. The molecule has 6 heteroatoms. The molecular formula is C26H22FNO3S. The van der Waals surface area contributed by atoms with Gasteiger partial charge in [-0.15, -0.1) is 11.8 Å². The van der Waals surface area contributed by atoms with Gasteiger partial charge >= 0.3 is 0 Å². The molecule has 0 bridgehead atoms. The van der Waals surface area contributed by atoms with Gasteiger partial charge in [0, 0.05) is 5.75 Å². The van der Waals surface area contributed by atoms with Crippen LogP contribution in [0.25, 0.3) is 5.57 Å². The van der Waals surface area contributed by atoms with Crippen molar-refractivity contribution in [1.82, 2.24) is 0 Å². The van der Waals surface area contributed by atoms with E-state index in [2.05, 4.69) is 0 Å². The van der Waals surface area contributed by atoms with E-state index in [9.17, 15) is 14.0 Å². The Balaban J connectivity index is 1.74. The van der Waals surface area contributed by atoms with E-state index in [-0.39, 0.29) is 5.57 Å². The average molecular weight is 448 g/mol. The summed E-state index contributed by atoms with van der Waals surface area (Å²) in [5, 5.41) is 0. The van der Waals surface area contributed by atoms with E-state index in [1.807, 2.05) is 37.3 Å². The third-order valence-corrected chi connectivity index (χ3v) is 6.11. The Kier molecular flexibility index (Phi) is 6.71. The minimum Gasteiger partial charge on any atom is -0.491 e. The molecule has 4 rings (SSSR count). The molecule has 0 aromatic heterocycles. The number of amides is 2. The minimum absolute atomic E-state index is 0.279. The second kappa shape index (κ2) is 9.83. The number of carbonyl (C=O) groups is 2. The molecule has 3 aromatic carbocycles. The number of thioether (sulfide) groups is 1. The van der Waals surface area contributed by atoms with E-state index in [4.69, 9.17) is 4.74 Å². The standard InChI is InChI=1S/C26H22FNO3S/c1-2-16-31-22-11-7-6-10-21(22)28-25(29)23(19-12-14-20(27)15-13-19)24(26(28)30)32-17-18-8-4-3-5-9-18/h3-15H,2,16-17H2,1H3. The van der Waals surface area contributed by atoms with Crippen LogP contribution in [0.15, 0.2) is 83.8 Å². The van der Waals surface area contributed by atoms with Crippen molar-refractivity contribution in [2.75, 3.05) is 11.5 Å². The fourth-order valence-electron chi connectivity index (χ4n) is 3.44. The quantitative estimate of drug-likeness (QED) is 0.408. The van der Waals surface area contributed by atoms with Crippen LogP contribution < -0.4 is 9.64 Å². The molecule has 0 saturated carbocycles. The van der Waals surface area contributed by atoms with Crippen LogP contribution in [0, 0.1) is 5.82 Å². The Hall–Kier alpha value is -3.38. The Morgan fingerprint density at radius 1 is 0.875 bits per heavy atom. The lowest BCUT2D eigenvalue weighted by molar-refractivity contribution is -0.119. The molecule has 0 atom stereocenters. The van der Waals surface area contributed by atoms with E-state index >= 15 is 0 Å². The summed E-state index contributed by atoms with van der Waals surface area (Å²) >= 11 is 1.31. The molecule has 0 N–H and O–H groups in total. The fourth-order valence-corrected chi connectivity index (χ4v) is 4.51. The summed E-state index contributed by atoms with van der Waals surface area (Å²) in [4.78, 5) is 28.6. The second-order valence-electron chi connectivity index (χ2n) is 7.25. The maximum atomic E-state index is 13.5. The first kappa shape index (κ1) is 21.8. The highest BCUT2D eigenvalue weighted by Crippen LogP contribution is 2.42. The molecule has 32 heavy (non-hydrogen) atoms. The molecule has 3 aromatic rings. The molecule has 0 radical (unpaired) electrons. The van der Waals surface area contributed by atoms with Crippen LogP contribution in [-0.4, -0.2) is 18.4 Å². The fraction of sp³-hybridized carbons (Fsp3) is 0.154. The molecule has 0 fully saturated rings. The Bertz CT molecular complexity index is 1160. The summed E-state index contributed by atoms with van der Waals surface area (Å²) in [6.45, 7) is 2.46. The van der Waals surface area contributed by atoms with Crippen molar-refractivity contribution in [3.05, 3.63) is 101 Å². The normalized spacial score (nSPS) is 13.8. The van der Waals surface area contributed by atoms with Gasteiger partial charge in [-0.25, -0.2) is 9.29 Å². The maximum Gasteiger partial charge on any atom is 0.272 e. The number of nitrogens with zero attached hydrogens (tertiary/aromatic N) is 1. The molecule has 1 aliphatic heterocycles. The van der Waals surface area contributed by atoms with Crippen molar-refractivity contribution in [1.29, 1.82) is 0 Å². The number of benzene rings is 3. The van der Waals surface area contributed by atoms with Crippen LogP contribution in [0.1, 0.15) is 24.5 Å². The van der Waals surface area contributed by atoms with E-state index in [1.165, 1.54) is 36.0 Å². The van der Waals surface area contributed by atoms with Gasteiger partial charge < -0.3 is 4.74 Å². The lowest BCUT2D eigenvalue weighted by Crippen LogP contribution is -2.31. The zero-order valence-corrected chi connectivity index (χ0v) is 18.4. The summed E-state index contributed by atoms with van der Waals surface area (Å²) < 4.78 is 19.3. The van der Waals surface area contributed by atoms with Gasteiger partial charge in [-0.05, 0) is 41.8 Å². The van der Waals surface area contributed by atoms with Crippen LogP contribution in [0.3, 0.4) is 0 Å². The van der Waals surface area contributed by atoms with Crippen molar-refractivity contribution in [2.24, 2.45) is 0 Å². The van der Waals surface area contributed by atoms with Crippen molar-refractivity contribution in [2.45, 2.75) is 19.1 Å². The SMILES string of the molecule is CCCOc1ccccc1N1C(=O)C(SCc2ccccc2)=C(c2ccc(F)cc2)C1=O. The van der Waals surface area contributed by atoms with E-state index in [1.54, 1.807) is 24.3 Å². The average Bonchev–Trinajstić information content (AvgIpc) is 3.07. The van der Waals surface area contributed by atoms with Gasteiger partial charge in [0.25, 0.3) is 11.8 Å². The van der Waals surface area contributed by atoms with Gasteiger partial charge in [0.05, 0.1) is 22.8 Å². The number of ether oxygens (including phenoxy) is 1. The van der Waals surface area contributed by atoms with E-state index in [0.29, 0.717) is 34.3 Å². The molecule has 0 unspecified atom stereocenters. The van der Waals surface area contributed by atoms with Crippen molar-refractivity contribution >= 4 is 34.8 Å². The highest BCUT2D eigenvalue weighted by atomic mass is 32.2. The third-order valence-electron chi connectivity index (χ3n) is 4.97. The van der Waals surface area contributed by atoms with Gasteiger partial charge in [-0.1, -0.05) is 61.5 Å². The predicted molar refractivity (Wildman–Crippen MR) is 126 cm³/mol. The summed E-state index contributed by atoms with van der Waals surface area (Å²) in [6, 6.07) is 22.4. The van der Waals surface area contributed by atoms with Gasteiger partial charge in [-0.3, -0.25) is 9.59 Å². The van der Waals surface area contributed by atoms with Gasteiger partial charge in [0.2, 0.25) is 0 Å². The number of para-hydroxylation sites is 2. The zero-order chi connectivity index (χ0) is 22.5. The molecule has 0 spiro atoms. The van der Waals surface area contributed by atoms with Gasteiger partial charge in [0.15, 0.2) is 0 Å². The maximum absolute atomic E-state index is 13.5. The lowest BCUT2D eigenvalue weighted by Gasteiger charge is -2.19. The molecule has 0 saturated heterocycles. The molecule has 1 heterocycles. The number of carbonyl (C=O) groups excluding carboxylic acids is 2. The summed E-state index contributed by atoms with van der Waals surface area (Å²) in [5.41, 5.74) is 2.23. The summed E-state index contributed by atoms with van der Waals surface area (Å²) in [7, 11) is 0. The Labute approximate surface area is 190 Å². The predicted octanol–water partition coefficient (Wildman–Crippen LogP) is 5.83. The van der Waals surface area contributed by atoms with Crippen LogP contribution >= 0.6 is 11.8 Å². The first-order valence-corrected chi connectivity index (χ1v) is 11.4. The molecule has 0 aliphatic carbocycles. The second-order valence-corrected chi connectivity index (χ2v) is 8.23. The van der Waals surface area contributed by atoms with E-state index < -0.39 is 17.6 Å². The molecular weight excluding hydrogens is 425 g/mol. The molecule has 4 nitrogen and oxygen atoms in total. The van der Waals surface area contributed by atoms with Crippen LogP contribution in [0.5, 0.6) is 5.75 Å².